The Morgan fingerprint density at radius 3 is 2.63 bits per heavy atom. The number of carbonyl (C=O) groups is 1. The lowest BCUT2D eigenvalue weighted by Crippen LogP contribution is -2.12. The molecule has 1 amide bonds. The number of anilines is 1. The molecule has 0 spiro atoms. The molecule has 2 N–H and O–H groups in total. The molecule has 0 unspecified atom stereocenters. The molecule has 2 aromatic rings. The first-order chi connectivity index (χ1) is 8.97. The Labute approximate surface area is 129 Å². The number of phenols is 1. The first-order valence-electron chi connectivity index (χ1n) is 5.53. The molecule has 0 radical (unpaired) electrons. The largest absolute Gasteiger partial charge is 0.508 e. The molecule has 2 rings (SSSR count). The Hall–Kier alpha value is -1.27. The van der Waals surface area contributed by atoms with Crippen molar-refractivity contribution in [3.63, 3.8) is 0 Å². The fourth-order valence-electron chi connectivity index (χ4n) is 1.57. The van der Waals surface area contributed by atoms with E-state index in [4.69, 9.17) is 11.6 Å². The molecule has 3 nitrogen and oxygen atoms in total. The van der Waals surface area contributed by atoms with E-state index in [9.17, 15) is 9.90 Å². The Morgan fingerprint density at radius 1 is 1.26 bits per heavy atom. The maximum Gasteiger partial charge on any atom is 0.255 e. The van der Waals surface area contributed by atoms with Crippen molar-refractivity contribution in [1.29, 1.82) is 0 Å². The lowest BCUT2D eigenvalue weighted by molar-refractivity contribution is 0.102. The first-order valence-corrected chi connectivity index (χ1v) is 6.99. The zero-order chi connectivity index (χ0) is 14.0. The highest BCUT2D eigenvalue weighted by atomic mass is 127. The van der Waals surface area contributed by atoms with Crippen LogP contribution in [0.2, 0.25) is 5.02 Å². The van der Waals surface area contributed by atoms with E-state index in [1.807, 2.05) is 0 Å². The van der Waals surface area contributed by atoms with Crippen molar-refractivity contribution in [2.45, 2.75) is 6.92 Å². The van der Waals surface area contributed by atoms with Crippen LogP contribution in [0.15, 0.2) is 36.4 Å². The predicted molar refractivity (Wildman–Crippen MR) is 85.0 cm³/mol. The van der Waals surface area contributed by atoms with Gasteiger partial charge in [-0.2, -0.15) is 0 Å². The predicted octanol–water partition coefficient (Wildman–Crippen LogP) is 4.21. The second-order valence-electron chi connectivity index (χ2n) is 4.08. The average Bonchev–Trinajstić information content (AvgIpc) is 2.37. The van der Waals surface area contributed by atoms with Gasteiger partial charge in [0.25, 0.3) is 5.91 Å². The highest BCUT2D eigenvalue weighted by molar-refractivity contribution is 14.1. The number of nitrogens with one attached hydrogen (secondary N) is 1. The Kier molecular flexibility index (Phi) is 4.31. The molecular formula is C14H11ClINO2. The van der Waals surface area contributed by atoms with Gasteiger partial charge in [0.15, 0.2) is 0 Å². The topological polar surface area (TPSA) is 49.3 Å². The van der Waals surface area contributed by atoms with Crippen molar-refractivity contribution in [1.82, 2.24) is 0 Å². The van der Waals surface area contributed by atoms with E-state index in [0.29, 0.717) is 21.8 Å². The van der Waals surface area contributed by atoms with Crippen LogP contribution in [0.4, 0.5) is 5.69 Å². The second-order valence-corrected chi connectivity index (χ2v) is 5.65. The van der Waals surface area contributed by atoms with Crippen molar-refractivity contribution >= 4 is 45.8 Å². The number of halogens is 2. The summed E-state index contributed by atoms with van der Waals surface area (Å²) >= 11 is 8.09. The monoisotopic (exact) mass is 387 g/mol. The van der Waals surface area contributed by atoms with E-state index >= 15 is 0 Å². The molecule has 5 heteroatoms. The summed E-state index contributed by atoms with van der Waals surface area (Å²) < 4.78 is 0.899. The molecule has 0 fully saturated rings. The van der Waals surface area contributed by atoms with E-state index in [2.05, 4.69) is 27.9 Å². The summed E-state index contributed by atoms with van der Waals surface area (Å²) in [5, 5.41) is 12.7. The Morgan fingerprint density at radius 2 is 2.00 bits per heavy atom. The van der Waals surface area contributed by atoms with Crippen molar-refractivity contribution in [2.24, 2.45) is 0 Å². The van der Waals surface area contributed by atoms with Crippen LogP contribution in [-0.2, 0) is 0 Å². The van der Waals surface area contributed by atoms with Crippen LogP contribution in [0.3, 0.4) is 0 Å². The summed E-state index contributed by atoms with van der Waals surface area (Å²) in [5.74, 6) is -0.0290. The quantitative estimate of drug-likeness (QED) is 0.599. The molecule has 0 aliphatic heterocycles. The van der Waals surface area contributed by atoms with Crippen LogP contribution in [0, 0.1) is 10.5 Å². The molecule has 0 aliphatic carbocycles. The van der Waals surface area contributed by atoms with Crippen molar-refractivity contribution in [2.75, 3.05) is 5.32 Å². The van der Waals surface area contributed by atoms with Crippen LogP contribution >= 0.6 is 34.2 Å². The minimum Gasteiger partial charge on any atom is -0.508 e. The SMILES string of the molecule is Cc1cc(NC(=O)c2ccc(I)c(Cl)c2)ccc1O. The van der Waals surface area contributed by atoms with Crippen molar-refractivity contribution in [3.8, 4) is 5.75 Å². The summed E-state index contributed by atoms with van der Waals surface area (Å²) in [7, 11) is 0. The number of aromatic hydroxyl groups is 1. The van der Waals surface area contributed by atoms with Crippen LogP contribution in [-0.4, -0.2) is 11.0 Å². The first kappa shape index (κ1) is 14.1. The number of hydrogen-bond donors (Lipinski definition) is 2. The maximum atomic E-state index is 12.0. The van der Waals surface area contributed by atoms with Gasteiger partial charge in [0.05, 0.1) is 5.02 Å². The third-order valence-corrected chi connectivity index (χ3v) is 4.21. The third kappa shape index (κ3) is 3.39. The number of carbonyl (C=O) groups excluding carboxylic acids is 1. The maximum absolute atomic E-state index is 12.0. The molecule has 0 atom stereocenters. The third-order valence-electron chi connectivity index (χ3n) is 2.64. The van der Waals surface area contributed by atoms with Gasteiger partial charge in [-0.05, 0) is 71.5 Å². The van der Waals surface area contributed by atoms with Gasteiger partial charge in [0.1, 0.15) is 5.75 Å². The lowest BCUT2D eigenvalue weighted by Gasteiger charge is -2.07. The van der Waals surface area contributed by atoms with Gasteiger partial charge in [0, 0.05) is 14.8 Å². The van der Waals surface area contributed by atoms with Crippen LogP contribution in [0.1, 0.15) is 15.9 Å². The van der Waals surface area contributed by atoms with Crippen LogP contribution < -0.4 is 5.32 Å². The normalized spacial score (nSPS) is 10.3. The molecule has 0 saturated heterocycles. The molecule has 0 bridgehead atoms. The number of rotatable bonds is 2. The smallest absolute Gasteiger partial charge is 0.255 e. The second kappa shape index (κ2) is 5.79. The standard InChI is InChI=1S/C14H11ClINO2/c1-8-6-10(3-5-13(8)18)17-14(19)9-2-4-12(16)11(15)7-9/h2-7,18H,1H3,(H,17,19). The summed E-state index contributed by atoms with van der Waals surface area (Å²) in [6.45, 7) is 1.77. The van der Waals surface area contributed by atoms with Crippen molar-refractivity contribution < 1.29 is 9.90 Å². The Balaban J connectivity index is 2.20. The molecule has 0 heterocycles. The number of benzene rings is 2. The number of phenolic OH excluding ortho intramolecular Hbond substituents is 1. The summed E-state index contributed by atoms with van der Waals surface area (Å²) in [6, 6.07) is 10.0. The van der Waals surface area contributed by atoms with E-state index in [1.165, 1.54) is 0 Å². The van der Waals surface area contributed by atoms with Crippen LogP contribution in [0.25, 0.3) is 0 Å². The number of amides is 1. The van der Waals surface area contributed by atoms with Gasteiger partial charge in [-0.25, -0.2) is 0 Å². The number of hydrogen-bond acceptors (Lipinski definition) is 2. The van der Waals surface area contributed by atoms with Gasteiger partial charge in [-0.3, -0.25) is 4.79 Å². The highest BCUT2D eigenvalue weighted by Crippen LogP contribution is 2.22. The van der Waals surface area contributed by atoms with Crippen molar-refractivity contribution in [3.05, 3.63) is 56.1 Å². The molecule has 2 aromatic carbocycles. The molecule has 98 valence electrons. The fourth-order valence-corrected chi connectivity index (χ4v) is 2.09. The minimum atomic E-state index is -0.233. The van der Waals surface area contributed by atoms with E-state index in [-0.39, 0.29) is 11.7 Å². The molecule has 19 heavy (non-hydrogen) atoms. The van der Waals surface area contributed by atoms with Gasteiger partial charge in [0.2, 0.25) is 0 Å². The molecule has 0 aliphatic rings. The minimum absolute atomic E-state index is 0.204. The fraction of sp³-hybridized carbons (Fsp3) is 0.0714. The van der Waals surface area contributed by atoms with Gasteiger partial charge < -0.3 is 10.4 Å². The molecule has 0 saturated carbocycles. The molecule has 0 aromatic heterocycles. The van der Waals surface area contributed by atoms with Crippen LogP contribution in [0.5, 0.6) is 5.75 Å². The summed E-state index contributed by atoms with van der Waals surface area (Å²) in [4.78, 5) is 12.0. The van der Waals surface area contributed by atoms with E-state index in [1.54, 1.807) is 43.3 Å². The van der Waals surface area contributed by atoms with E-state index in [0.717, 1.165) is 3.57 Å². The number of aryl methyl sites for hydroxylation is 1. The Bertz CT molecular complexity index is 643. The van der Waals surface area contributed by atoms with Gasteiger partial charge >= 0.3 is 0 Å². The molecular weight excluding hydrogens is 377 g/mol. The van der Waals surface area contributed by atoms with Gasteiger partial charge in [-0.1, -0.05) is 11.6 Å². The van der Waals surface area contributed by atoms with Gasteiger partial charge in [-0.15, -0.1) is 0 Å². The zero-order valence-corrected chi connectivity index (χ0v) is 13.0. The summed E-state index contributed by atoms with van der Waals surface area (Å²) in [5.41, 5.74) is 1.84. The van der Waals surface area contributed by atoms with E-state index < -0.39 is 0 Å². The highest BCUT2D eigenvalue weighted by Gasteiger charge is 2.09. The zero-order valence-electron chi connectivity index (χ0n) is 10.1. The summed E-state index contributed by atoms with van der Waals surface area (Å²) in [6.07, 6.45) is 0. The average molecular weight is 388 g/mol. The lowest BCUT2D eigenvalue weighted by atomic mass is 10.1.